The van der Waals surface area contributed by atoms with Gasteiger partial charge in [0.05, 0.1) is 11.2 Å². The van der Waals surface area contributed by atoms with Gasteiger partial charge in [-0.3, -0.25) is 9.67 Å². The largest absolute Gasteiger partial charge is 0.382 e. The van der Waals surface area contributed by atoms with Crippen molar-refractivity contribution in [2.75, 3.05) is 0 Å². The third-order valence-corrected chi connectivity index (χ3v) is 3.39. The molecule has 2 aromatic heterocycles. The molecule has 1 unspecified atom stereocenters. The number of para-hydroxylation sites is 1. The van der Waals surface area contributed by atoms with E-state index in [1.54, 1.807) is 12.4 Å². The molecule has 1 aromatic carbocycles. The van der Waals surface area contributed by atoms with Crippen LogP contribution in [0.1, 0.15) is 30.7 Å². The van der Waals surface area contributed by atoms with Crippen LogP contribution in [0.25, 0.3) is 10.9 Å². The van der Waals surface area contributed by atoms with Gasteiger partial charge >= 0.3 is 0 Å². The second-order valence-electron chi connectivity index (χ2n) is 4.84. The van der Waals surface area contributed by atoms with Gasteiger partial charge in [0.2, 0.25) is 0 Å². The number of aliphatic hydroxyl groups excluding tert-OH is 1. The molecule has 1 atom stereocenters. The number of hydrogen-bond acceptors (Lipinski definition) is 3. The summed E-state index contributed by atoms with van der Waals surface area (Å²) in [5, 5.41) is 15.8. The summed E-state index contributed by atoms with van der Waals surface area (Å²) < 4.78 is 1.85. The van der Waals surface area contributed by atoms with Crippen molar-refractivity contribution in [3.05, 3.63) is 60.0 Å². The van der Waals surface area contributed by atoms with Crippen LogP contribution in [0.15, 0.2) is 48.8 Å². The fourth-order valence-corrected chi connectivity index (χ4v) is 2.38. The number of rotatable bonds is 4. The van der Waals surface area contributed by atoms with Crippen molar-refractivity contribution in [2.24, 2.45) is 0 Å². The standard InChI is InChI=1S/C16H17N3O/c1-2-9-19-15(7-8-18-19)16(20)13-10-12-5-3-4-6-14(12)17-11-13/h3-8,10-11,16,20H,2,9H2,1H3. The van der Waals surface area contributed by atoms with E-state index in [2.05, 4.69) is 17.0 Å². The Balaban J connectivity index is 1.99. The third kappa shape index (κ3) is 2.30. The SMILES string of the molecule is CCCn1nccc1C(O)c1cnc2ccccc2c1. The highest BCUT2D eigenvalue weighted by molar-refractivity contribution is 5.78. The second kappa shape index (κ2) is 5.43. The highest BCUT2D eigenvalue weighted by Crippen LogP contribution is 2.24. The Morgan fingerprint density at radius 1 is 1.25 bits per heavy atom. The number of pyridine rings is 1. The number of hydrogen-bond donors (Lipinski definition) is 1. The molecule has 0 aliphatic rings. The highest BCUT2D eigenvalue weighted by atomic mass is 16.3. The van der Waals surface area contributed by atoms with E-state index < -0.39 is 6.10 Å². The van der Waals surface area contributed by atoms with Gasteiger partial charge in [0, 0.05) is 29.9 Å². The van der Waals surface area contributed by atoms with Gasteiger partial charge < -0.3 is 5.11 Å². The minimum absolute atomic E-state index is 0.693. The number of benzene rings is 1. The molecule has 102 valence electrons. The van der Waals surface area contributed by atoms with E-state index in [4.69, 9.17) is 0 Å². The van der Waals surface area contributed by atoms with Gasteiger partial charge in [-0.05, 0) is 24.6 Å². The van der Waals surface area contributed by atoms with Gasteiger partial charge in [0.15, 0.2) is 0 Å². The van der Waals surface area contributed by atoms with Crippen molar-refractivity contribution in [3.8, 4) is 0 Å². The lowest BCUT2D eigenvalue weighted by Crippen LogP contribution is -2.10. The zero-order valence-electron chi connectivity index (χ0n) is 11.4. The highest BCUT2D eigenvalue weighted by Gasteiger charge is 2.15. The van der Waals surface area contributed by atoms with Gasteiger partial charge in [-0.1, -0.05) is 25.1 Å². The van der Waals surface area contributed by atoms with Crippen molar-refractivity contribution in [2.45, 2.75) is 26.0 Å². The zero-order valence-corrected chi connectivity index (χ0v) is 11.4. The molecule has 20 heavy (non-hydrogen) atoms. The molecule has 0 saturated carbocycles. The number of fused-ring (bicyclic) bond motifs is 1. The van der Waals surface area contributed by atoms with Crippen LogP contribution in [0.4, 0.5) is 0 Å². The lowest BCUT2D eigenvalue weighted by Gasteiger charge is -2.13. The normalized spacial score (nSPS) is 12.7. The van der Waals surface area contributed by atoms with E-state index in [1.807, 2.05) is 41.1 Å². The molecule has 4 heteroatoms. The summed E-state index contributed by atoms with van der Waals surface area (Å²) in [7, 11) is 0. The van der Waals surface area contributed by atoms with E-state index in [1.165, 1.54) is 0 Å². The average molecular weight is 267 g/mol. The summed E-state index contributed by atoms with van der Waals surface area (Å²) in [6.07, 6.45) is 3.75. The van der Waals surface area contributed by atoms with Crippen LogP contribution < -0.4 is 0 Å². The molecule has 0 radical (unpaired) electrons. The molecule has 0 saturated heterocycles. The summed E-state index contributed by atoms with van der Waals surface area (Å²) in [6, 6.07) is 11.7. The molecule has 1 N–H and O–H groups in total. The first-order chi connectivity index (χ1) is 9.79. The zero-order chi connectivity index (χ0) is 13.9. The van der Waals surface area contributed by atoms with Crippen molar-refractivity contribution in [3.63, 3.8) is 0 Å². The molecule has 0 aliphatic carbocycles. The minimum atomic E-state index is -0.693. The molecule has 3 rings (SSSR count). The Kier molecular flexibility index (Phi) is 3.48. The maximum atomic E-state index is 10.5. The second-order valence-corrected chi connectivity index (χ2v) is 4.84. The predicted octanol–water partition coefficient (Wildman–Crippen LogP) is 2.92. The number of aliphatic hydroxyl groups is 1. The summed E-state index contributed by atoms with van der Waals surface area (Å²) in [5.74, 6) is 0. The van der Waals surface area contributed by atoms with Crippen LogP contribution in [0, 0.1) is 0 Å². The average Bonchev–Trinajstić information content (AvgIpc) is 2.94. The molecular formula is C16H17N3O. The molecule has 0 fully saturated rings. The third-order valence-electron chi connectivity index (χ3n) is 3.39. The topological polar surface area (TPSA) is 50.9 Å². The van der Waals surface area contributed by atoms with Gasteiger partial charge in [0.1, 0.15) is 6.10 Å². The summed E-state index contributed by atoms with van der Waals surface area (Å²) in [6.45, 7) is 2.90. The molecule has 0 aliphatic heterocycles. The maximum absolute atomic E-state index is 10.5. The van der Waals surface area contributed by atoms with Crippen LogP contribution >= 0.6 is 0 Å². The van der Waals surface area contributed by atoms with Crippen LogP contribution in [0.3, 0.4) is 0 Å². The molecule has 0 bridgehead atoms. The predicted molar refractivity (Wildman–Crippen MR) is 78.3 cm³/mol. The molecule has 4 nitrogen and oxygen atoms in total. The van der Waals surface area contributed by atoms with Gasteiger partial charge in [-0.15, -0.1) is 0 Å². The fourth-order valence-electron chi connectivity index (χ4n) is 2.38. The fraction of sp³-hybridized carbons (Fsp3) is 0.250. The number of nitrogens with zero attached hydrogens (tertiary/aromatic N) is 3. The monoisotopic (exact) mass is 267 g/mol. The smallest absolute Gasteiger partial charge is 0.122 e. The van der Waals surface area contributed by atoms with Crippen molar-refractivity contribution >= 4 is 10.9 Å². The van der Waals surface area contributed by atoms with E-state index in [0.29, 0.717) is 0 Å². The van der Waals surface area contributed by atoms with Gasteiger partial charge in [0.25, 0.3) is 0 Å². The Morgan fingerprint density at radius 3 is 2.95 bits per heavy atom. The summed E-state index contributed by atoms with van der Waals surface area (Å²) >= 11 is 0. The first-order valence-corrected chi connectivity index (χ1v) is 6.84. The van der Waals surface area contributed by atoms with Crippen LogP contribution in [-0.2, 0) is 6.54 Å². The molecule has 0 amide bonds. The van der Waals surface area contributed by atoms with Crippen molar-refractivity contribution < 1.29 is 5.11 Å². The van der Waals surface area contributed by atoms with Crippen LogP contribution in [0.5, 0.6) is 0 Å². The Bertz CT molecular complexity index is 720. The number of aromatic nitrogens is 3. The lowest BCUT2D eigenvalue weighted by atomic mass is 10.1. The quantitative estimate of drug-likeness (QED) is 0.790. The Hall–Kier alpha value is -2.20. The minimum Gasteiger partial charge on any atom is -0.382 e. The molecular weight excluding hydrogens is 250 g/mol. The Labute approximate surface area is 117 Å². The molecule has 0 spiro atoms. The molecule has 2 heterocycles. The molecule has 3 aromatic rings. The van der Waals surface area contributed by atoms with Gasteiger partial charge in [-0.2, -0.15) is 5.10 Å². The van der Waals surface area contributed by atoms with Crippen molar-refractivity contribution in [1.82, 2.24) is 14.8 Å². The summed E-state index contributed by atoms with van der Waals surface area (Å²) in [4.78, 5) is 4.40. The lowest BCUT2D eigenvalue weighted by molar-refractivity contribution is 0.207. The van der Waals surface area contributed by atoms with E-state index in [-0.39, 0.29) is 0 Å². The first kappa shape index (κ1) is 12.8. The van der Waals surface area contributed by atoms with E-state index in [0.717, 1.165) is 35.1 Å². The maximum Gasteiger partial charge on any atom is 0.122 e. The van der Waals surface area contributed by atoms with Crippen LogP contribution in [0.2, 0.25) is 0 Å². The number of aryl methyl sites for hydroxylation is 1. The van der Waals surface area contributed by atoms with Gasteiger partial charge in [-0.25, -0.2) is 0 Å². The summed E-state index contributed by atoms with van der Waals surface area (Å²) in [5.41, 5.74) is 2.54. The Morgan fingerprint density at radius 2 is 2.10 bits per heavy atom. The van der Waals surface area contributed by atoms with E-state index >= 15 is 0 Å². The van der Waals surface area contributed by atoms with Crippen LogP contribution in [-0.4, -0.2) is 19.9 Å². The van der Waals surface area contributed by atoms with E-state index in [9.17, 15) is 5.11 Å². The van der Waals surface area contributed by atoms with Crippen molar-refractivity contribution in [1.29, 1.82) is 0 Å². The first-order valence-electron chi connectivity index (χ1n) is 6.84.